The van der Waals surface area contributed by atoms with Crippen molar-refractivity contribution in [1.29, 1.82) is 0 Å². The number of nitrogens with one attached hydrogen (secondary N) is 2. The van der Waals surface area contributed by atoms with Crippen LogP contribution in [-0.4, -0.2) is 83.5 Å². The molecule has 2 saturated heterocycles. The smallest absolute Gasteiger partial charge is 0.225 e. The second-order valence-corrected chi connectivity index (χ2v) is 12.8. The van der Waals surface area contributed by atoms with Crippen LogP contribution in [0.25, 0.3) is 0 Å². The number of unbranched alkanes of at least 4 members (excludes halogenated alkanes) is 1. The summed E-state index contributed by atoms with van der Waals surface area (Å²) in [4.78, 5) is 17.6. The molecule has 3 unspecified atom stereocenters. The molecule has 32 heavy (non-hydrogen) atoms. The van der Waals surface area contributed by atoms with Crippen LogP contribution < -0.4 is 10.6 Å². The summed E-state index contributed by atoms with van der Waals surface area (Å²) in [5.74, 6) is 0.895. The van der Waals surface area contributed by atoms with Gasteiger partial charge in [-0.2, -0.15) is 0 Å². The van der Waals surface area contributed by atoms with Gasteiger partial charge in [0.25, 0.3) is 0 Å². The van der Waals surface area contributed by atoms with Gasteiger partial charge in [-0.25, -0.2) is 0 Å². The Kier molecular flexibility index (Phi) is 7.82. The fourth-order valence-electron chi connectivity index (χ4n) is 7.19. The Bertz CT molecular complexity index is 658. The van der Waals surface area contributed by atoms with Crippen molar-refractivity contribution in [2.45, 2.75) is 82.7 Å². The maximum Gasteiger partial charge on any atom is 0.225 e. The summed E-state index contributed by atoms with van der Waals surface area (Å²) in [5.41, 5.74) is 0.494. The van der Waals surface area contributed by atoms with Crippen LogP contribution in [0.15, 0.2) is 0 Å². The molecule has 2 saturated carbocycles. The third-order valence-corrected chi connectivity index (χ3v) is 10.6. The molecule has 184 valence electrons. The number of aliphatic hydroxyl groups excluding tert-OH is 1. The Balaban J connectivity index is 1.42. The zero-order chi connectivity index (χ0) is 23.0. The molecule has 2 aliphatic carbocycles. The molecule has 0 bridgehead atoms. The van der Waals surface area contributed by atoms with E-state index in [-0.39, 0.29) is 29.1 Å². The molecule has 4 rings (SSSR count). The van der Waals surface area contributed by atoms with E-state index in [4.69, 9.17) is 0 Å². The van der Waals surface area contributed by atoms with E-state index < -0.39 is 6.10 Å². The van der Waals surface area contributed by atoms with E-state index in [2.05, 4.69) is 62.0 Å². The van der Waals surface area contributed by atoms with Gasteiger partial charge < -0.3 is 14.9 Å². The summed E-state index contributed by atoms with van der Waals surface area (Å²) in [7, 11) is 2.12. The van der Waals surface area contributed by atoms with E-state index in [9.17, 15) is 9.90 Å². The summed E-state index contributed by atoms with van der Waals surface area (Å²) in [6.45, 7) is 13.7. The molecular weight excluding hydrogens is 420 g/mol. The van der Waals surface area contributed by atoms with Gasteiger partial charge in [0, 0.05) is 43.4 Å². The highest BCUT2D eigenvalue weighted by Crippen LogP contribution is 2.58. The first-order valence-corrected chi connectivity index (χ1v) is 14.0. The molecule has 0 aromatic rings. The molecule has 4 fully saturated rings. The van der Waals surface area contributed by atoms with Gasteiger partial charge in [0.2, 0.25) is 5.91 Å². The molecule has 4 aliphatic rings. The molecule has 0 radical (unpaired) electrons. The van der Waals surface area contributed by atoms with Gasteiger partial charge in [0.05, 0.1) is 6.10 Å². The third kappa shape index (κ3) is 4.74. The molecule has 3 N–H and O–H groups in total. The maximum absolute atomic E-state index is 13.3. The number of nitrogens with zero attached hydrogens (tertiary/aromatic N) is 2. The average molecular weight is 467 g/mol. The van der Waals surface area contributed by atoms with Crippen LogP contribution in [0.4, 0.5) is 0 Å². The van der Waals surface area contributed by atoms with Crippen LogP contribution in [0.1, 0.15) is 59.8 Å². The van der Waals surface area contributed by atoms with Gasteiger partial charge in [0.15, 0.2) is 0 Å². The van der Waals surface area contributed by atoms with Gasteiger partial charge in [-0.3, -0.25) is 15.4 Å². The summed E-state index contributed by atoms with van der Waals surface area (Å²) >= 11 is 2.07. The molecule has 0 aromatic carbocycles. The molecular formula is C25H46N4O2S. The molecule has 6 nitrogen and oxygen atoms in total. The van der Waals surface area contributed by atoms with E-state index in [1.54, 1.807) is 0 Å². The van der Waals surface area contributed by atoms with E-state index >= 15 is 0 Å². The predicted molar refractivity (Wildman–Crippen MR) is 132 cm³/mol. The average Bonchev–Trinajstić information content (AvgIpc) is 3.16. The second-order valence-electron chi connectivity index (χ2n) is 11.4. The van der Waals surface area contributed by atoms with Crippen molar-refractivity contribution in [2.75, 3.05) is 39.8 Å². The van der Waals surface area contributed by atoms with Crippen molar-refractivity contribution in [3.8, 4) is 0 Å². The molecule has 0 aromatic heterocycles. The van der Waals surface area contributed by atoms with Crippen LogP contribution in [0.2, 0.25) is 0 Å². The number of hydrogen-bond acceptors (Lipinski definition) is 6. The number of thioether (sulfide) groups is 1. The first-order chi connectivity index (χ1) is 15.2. The Morgan fingerprint density at radius 2 is 2.03 bits per heavy atom. The molecule has 7 heteroatoms. The van der Waals surface area contributed by atoms with E-state index in [0.717, 1.165) is 45.6 Å². The van der Waals surface area contributed by atoms with E-state index in [0.29, 0.717) is 22.7 Å². The molecule has 2 aliphatic heterocycles. The standard InChI is InChI=1S/C25H46N4O2S/c1-6-7-10-26-24-27-21-17(3)20-22(30)18(8-9-25(20,4)15-19(21)32-24)16(2)23(31)29-13-11-28(5)12-14-29/h16-22,24,26-27,30H,6-15H2,1-5H3/t16-,17-,18+,19?,20+,21?,22-,24?,25+/m0/s1. The van der Waals surface area contributed by atoms with Gasteiger partial charge >= 0.3 is 0 Å². The van der Waals surface area contributed by atoms with Gasteiger partial charge in [0.1, 0.15) is 5.50 Å². The van der Waals surface area contributed by atoms with Crippen molar-refractivity contribution in [3.05, 3.63) is 0 Å². The Morgan fingerprint density at radius 1 is 1.31 bits per heavy atom. The van der Waals surface area contributed by atoms with Crippen LogP contribution in [-0.2, 0) is 4.79 Å². The number of carbonyl (C=O) groups excluding carboxylic acids is 1. The number of aliphatic hydroxyl groups is 1. The SMILES string of the molecule is CCCCNC1NC2C(C[C@@]3(C)CC[C@H]([C@H](C)C(=O)N4CCN(C)CC4)[C@H](O)[C@H]3[C@@H]2C)S1. The normalized spacial score (nSPS) is 43.6. The molecule has 2 heterocycles. The summed E-state index contributed by atoms with van der Waals surface area (Å²) in [6, 6.07) is 0.439. The van der Waals surface area contributed by atoms with Gasteiger partial charge in [-0.1, -0.05) is 34.1 Å². The third-order valence-electron chi connectivity index (χ3n) is 9.22. The van der Waals surface area contributed by atoms with Crippen molar-refractivity contribution < 1.29 is 9.90 Å². The minimum Gasteiger partial charge on any atom is -0.392 e. The Hall–Kier alpha value is -0.340. The minimum absolute atomic E-state index is 0.0757. The van der Waals surface area contributed by atoms with Crippen molar-refractivity contribution >= 4 is 17.7 Å². The highest BCUT2D eigenvalue weighted by Gasteiger charge is 2.58. The van der Waals surface area contributed by atoms with Crippen LogP contribution in [0.5, 0.6) is 0 Å². The fraction of sp³-hybridized carbons (Fsp3) is 0.960. The Morgan fingerprint density at radius 3 is 2.72 bits per heavy atom. The lowest BCUT2D eigenvalue weighted by Crippen LogP contribution is -2.60. The van der Waals surface area contributed by atoms with Crippen molar-refractivity contribution in [1.82, 2.24) is 20.4 Å². The van der Waals surface area contributed by atoms with E-state index in [1.165, 1.54) is 19.3 Å². The summed E-state index contributed by atoms with van der Waals surface area (Å²) < 4.78 is 0. The number of hydrogen-bond donors (Lipinski definition) is 3. The fourth-order valence-corrected chi connectivity index (χ4v) is 8.96. The lowest BCUT2D eigenvalue weighted by molar-refractivity contribution is -0.150. The number of amides is 1. The maximum atomic E-state index is 13.3. The van der Waals surface area contributed by atoms with Crippen LogP contribution in [0.3, 0.4) is 0 Å². The topological polar surface area (TPSA) is 67.8 Å². The zero-order valence-electron chi connectivity index (χ0n) is 20.8. The molecule has 9 atom stereocenters. The number of likely N-dealkylation sites (N-methyl/N-ethyl adjacent to an activating group) is 1. The summed E-state index contributed by atoms with van der Waals surface area (Å²) in [5, 5.41) is 19.8. The quantitative estimate of drug-likeness (QED) is 0.523. The van der Waals surface area contributed by atoms with E-state index in [1.807, 2.05) is 4.90 Å². The van der Waals surface area contributed by atoms with Gasteiger partial charge in [-0.05, 0) is 62.4 Å². The molecule has 0 spiro atoms. The summed E-state index contributed by atoms with van der Waals surface area (Å²) in [6.07, 6.45) is 5.29. The lowest BCUT2D eigenvalue weighted by atomic mass is 9.51. The first-order valence-electron chi connectivity index (χ1n) is 13.1. The first kappa shape index (κ1) is 24.8. The van der Waals surface area contributed by atoms with Crippen molar-refractivity contribution in [3.63, 3.8) is 0 Å². The number of piperazine rings is 1. The predicted octanol–water partition coefficient (Wildman–Crippen LogP) is 2.58. The Labute approximate surface area is 199 Å². The largest absolute Gasteiger partial charge is 0.392 e. The highest BCUT2D eigenvalue weighted by atomic mass is 32.2. The van der Waals surface area contributed by atoms with Crippen LogP contribution >= 0.6 is 11.8 Å². The minimum atomic E-state index is -0.394. The lowest BCUT2D eigenvalue weighted by Gasteiger charge is -2.57. The second kappa shape index (κ2) is 10.1. The number of rotatable bonds is 6. The molecule has 1 amide bonds. The highest BCUT2D eigenvalue weighted by molar-refractivity contribution is 8.00. The van der Waals surface area contributed by atoms with Gasteiger partial charge in [-0.15, -0.1) is 11.8 Å². The van der Waals surface area contributed by atoms with Crippen molar-refractivity contribution in [2.24, 2.45) is 29.1 Å². The number of carbonyl (C=O) groups is 1. The monoisotopic (exact) mass is 466 g/mol. The zero-order valence-corrected chi connectivity index (χ0v) is 21.7. The number of fused-ring (bicyclic) bond motifs is 2. The van der Waals surface area contributed by atoms with Crippen LogP contribution in [0, 0.1) is 29.1 Å².